The van der Waals surface area contributed by atoms with Gasteiger partial charge in [-0.1, -0.05) is 11.6 Å². The van der Waals surface area contributed by atoms with Gasteiger partial charge >= 0.3 is 0 Å². The average molecular weight is 305 g/mol. The van der Waals surface area contributed by atoms with Crippen molar-refractivity contribution in [3.8, 4) is 5.75 Å². The maximum Gasteiger partial charge on any atom is 0.128 e. The van der Waals surface area contributed by atoms with Gasteiger partial charge in [0.15, 0.2) is 0 Å². The first-order valence-corrected chi connectivity index (χ1v) is 7.79. The summed E-state index contributed by atoms with van der Waals surface area (Å²) in [6.07, 6.45) is 4.46. The summed E-state index contributed by atoms with van der Waals surface area (Å²) in [7, 11) is 1.75. The zero-order chi connectivity index (χ0) is 15.1. The van der Waals surface area contributed by atoms with Gasteiger partial charge in [0, 0.05) is 22.3 Å². The topological polar surface area (TPSA) is 27.1 Å². The molecule has 1 aromatic heterocycles. The van der Waals surface area contributed by atoms with Gasteiger partial charge in [-0.15, -0.1) is 0 Å². The molecule has 112 valence electrons. The second-order valence-electron chi connectivity index (χ2n) is 5.91. The van der Waals surface area contributed by atoms with Crippen LogP contribution in [0.5, 0.6) is 5.75 Å². The average Bonchev–Trinajstić information content (AvgIpc) is 3.21. The van der Waals surface area contributed by atoms with Crippen LogP contribution in [-0.2, 0) is 0 Å². The predicted molar refractivity (Wildman–Crippen MR) is 85.5 cm³/mol. The number of nitrogens with zero attached hydrogens (tertiary/aromatic N) is 2. The van der Waals surface area contributed by atoms with Crippen molar-refractivity contribution in [2.75, 3.05) is 7.11 Å². The number of benzene rings is 1. The summed E-state index contributed by atoms with van der Waals surface area (Å²) in [5.74, 6) is 1.59. The third kappa shape index (κ3) is 2.55. The summed E-state index contributed by atoms with van der Waals surface area (Å²) in [5, 5.41) is 5.35. The van der Waals surface area contributed by atoms with Crippen molar-refractivity contribution in [1.82, 2.24) is 9.78 Å². The van der Waals surface area contributed by atoms with Crippen molar-refractivity contribution in [3.63, 3.8) is 0 Å². The zero-order valence-corrected chi connectivity index (χ0v) is 13.7. The fraction of sp³-hybridized carbons (Fsp3) is 0.471. The molecule has 3 rings (SSSR count). The van der Waals surface area contributed by atoms with Gasteiger partial charge in [0.1, 0.15) is 5.75 Å². The molecule has 21 heavy (non-hydrogen) atoms. The van der Waals surface area contributed by atoms with Crippen LogP contribution in [0.3, 0.4) is 0 Å². The van der Waals surface area contributed by atoms with Crippen LogP contribution in [0.15, 0.2) is 18.3 Å². The van der Waals surface area contributed by atoms with E-state index in [9.17, 15) is 0 Å². The Bertz CT molecular complexity index is 674. The van der Waals surface area contributed by atoms with Crippen molar-refractivity contribution >= 4 is 11.6 Å². The molecule has 0 spiro atoms. The van der Waals surface area contributed by atoms with E-state index in [2.05, 4.69) is 18.9 Å². The molecule has 1 heterocycles. The molecule has 1 aliphatic carbocycles. The fourth-order valence-electron chi connectivity index (χ4n) is 2.96. The van der Waals surface area contributed by atoms with E-state index in [0.717, 1.165) is 27.6 Å². The molecule has 1 aromatic carbocycles. The van der Waals surface area contributed by atoms with Crippen LogP contribution in [0.1, 0.15) is 54.1 Å². The van der Waals surface area contributed by atoms with Crippen LogP contribution in [0, 0.1) is 13.8 Å². The highest BCUT2D eigenvalue weighted by Gasteiger charge is 2.32. The van der Waals surface area contributed by atoms with Gasteiger partial charge in [0.05, 0.1) is 18.8 Å². The van der Waals surface area contributed by atoms with Gasteiger partial charge in [0.25, 0.3) is 0 Å². The molecule has 1 atom stereocenters. The third-order valence-electron chi connectivity index (χ3n) is 4.33. The number of ether oxygens (including phenoxy) is 1. The van der Waals surface area contributed by atoms with Crippen LogP contribution in [0.4, 0.5) is 0 Å². The van der Waals surface area contributed by atoms with Crippen LogP contribution < -0.4 is 4.74 Å². The lowest BCUT2D eigenvalue weighted by molar-refractivity contribution is 0.395. The van der Waals surface area contributed by atoms with Crippen LogP contribution >= 0.6 is 11.6 Å². The van der Waals surface area contributed by atoms with Gasteiger partial charge in [-0.3, -0.25) is 4.68 Å². The molecular formula is C17H21ClN2O. The van der Waals surface area contributed by atoms with Gasteiger partial charge in [-0.2, -0.15) is 5.10 Å². The first-order chi connectivity index (χ1) is 10.0. The minimum atomic E-state index is 0.101. The molecule has 1 fully saturated rings. The number of rotatable bonds is 4. The molecule has 0 bridgehead atoms. The minimum absolute atomic E-state index is 0.101. The molecule has 0 N–H and O–H groups in total. The standard InChI is InChI=1S/C17H21ClN2O/c1-10-7-8-20(19-10)12(3)14-9-15(18)11(2)16(13-5-6-13)17(14)21-4/h7-9,12-13H,5-6H2,1-4H3. The lowest BCUT2D eigenvalue weighted by atomic mass is 9.96. The molecule has 1 unspecified atom stereocenters. The summed E-state index contributed by atoms with van der Waals surface area (Å²) in [6.45, 7) is 6.22. The molecule has 3 nitrogen and oxygen atoms in total. The van der Waals surface area contributed by atoms with E-state index >= 15 is 0 Å². The van der Waals surface area contributed by atoms with Gasteiger partial charge < -0.3 is 4.74 Å². The normalized spacial score (nSPS) is 16.0. The van der Waals surface area contributed by atoms with E-state index in [4.69, 9.17) is 16.3 Å². The monoisotopic (exact) mass is 304 g/mol. The van der Waals surface area contributed by atoms with E-state index in [0.29, 0.717) is 5.92 Å². The molecule has 1 aliphatic rings. The first kappa shape index (κ1) is 14.5. The summed E-state index contributed by atoms with van der Waals surface area (Å²) in [5.41, 5.74) is 4.57. The van der Waals surface area contributed by atoms with Gasteiger partial charge in [-0.05, 0) is 57.2 Å². The number of hydrogen-bond donors (Lipinski definition) is 0. The van der Waals surface area contributed by atoms with Crippen molar-refractivity contribution in [1.29, 1.82) is 0 Å². The van der Waals surface area contributed by atoms with E-state index < -0.39 is 0 Å². The maximum absolute atomic E-state index is 6.47. The van der Waals surface area contributed by atoms with E-state index in [-0.39, 0.29) is 6.04 Å². The number of aryl methyl sites for hydroxylation is 1. The minimum Gasteiger partial charge on any atom is -0.496 e. The molecular weight excluding hydrogens is 284 g/mol. The third-order valence-corrected chi connectivity index (χ3v) is 4.72. The molecule has 0 radical (unpaired) electrons. The Hall–Kier alpha value is -1.48. The van der Waals surface area contributed by atoms with Crippen LogP contribution in [0.25, 0.3) is 0 Å². The summed E-state index contributed by atoms with van der Waals surface area (Å²) in [6, 6.07) is 4.15. The van der Waals surface area contributed by atoms with Crippen LogP contribution in [-0.4, -0.2) is 16.9 Å². The van der Waals surface area contributed by atoms with Gasteiger partial charge in [-0.25, -0.2) is 0 Å². The van der Waals surface area contributed by atoms with E-state index in [1.54, 1.807) is 7.11 Å². The van der Waals surface area contributed by atoms with Crippen molar-refractivity contribution in [2.45, 2.75) is 45.6 Å². The first-order valence-electron chi connectivity index (χ1n) is 7.41. The van der Waals surface area contributed by atoms with E-state index in [1.807, 2.05) is 29.9 Å². The molecule has 2 aromatic rings. The highest BCUT2D eigenvalue weighted by molar-refractivity contribution is 6.31. The highest BCUT2D eigenvalue weighted by Crippen LogP contribution is 2.49. The second kappa shape index (κ2) is 5.38. The molecule has 0 aliphatic heterocycles. The van der Waals surface area contributed by atoms with Crippen molar-refractivity contribution in [3.05, 3.63) is 45.7 Å². The molecule has 4 heteroatoms. The Morgan fingerprint density at radius 1 is 1.38 bits per heavy atom. The molecule has 0 saturated heterocycles. The lowest BCUT2D eigenvalue weighted by Gasteiger charge is -2.21. The number of hydrogen-bond acceptors (Lipinski definition) is 2. The molecule has 1 saturated carbocycles. The van der Waals surface area contributed by atoms with Gasteiger partial charge in [0.2, 0.25) is 0 Å². The Kier molecular flexibility index (Phi) is 3.70. The Morgan fingerprint density at radius 3 is 2.62 bits per heavy atom. The predicted octanol–water partition coefficient (Wildman–Crippen LogP) is 4.65. The maximum atomic E-state index is 6.47. The summed E-state index contributed by atoms with van der Waals surface area (Å²) >= 11 is 6.47. The highest BCUT2D eigenvalue weighted by atomic mass is 35.5. The van der Waals surface area contributed by atoms with Crippen LogP contribution in [0.2, 0.25) is 5.02 Å². The summed E-state index contributed by atoms with van der Waals surface area (Å²) < 4.78 is 7.73. The Morgan fingerprint density at radius 2 is 2.10 bits per heavy atom. The zero-order valence-electron chi connectivity index (χ0n) is 13.0. The largest absolute Gasteiger partial charge is 0.496 e. The Labute approximate surface area is 130 Å². The number of aromatic nitrogens is 2. The molecule has 0 amide bonds. The van der Waals surface area contributed by atoms with Crippen molar-refractivity contribution < 1.29 is 4.74 Å². The fourth-order valence-corrected chi connectivity index (χ4v) is 3.18. The van der Waals surface area contributed by atoms with Crippen molar-refractivity contribution in [2.24, 2.45) is 0 Å². The summed E-state index contributed by atoms with van der Waals surface area (Å²) in [4.78, 5) is 0. The number of halogens is 1. The lowest BCUT2D eigenvalue weighted by Crippen LogP contribution is -2.11. The van der Waals surface area contributed by atoms with E-state index in [1.165, 1.54) is 18.4 Å². The Balaban J connectivity index is 2.13. The smallest absolute Gasteiger partial charge is 0.128 e. The SMILES string of the molecule is COc1c(C(C)n2ccc(C)n2)cc(Cl)c(C)c1C1CC1. The quantitative estimate of drug-likeness (QED) is 0.822. The second-order valence-corrected chi connectivity index (χ2v) is 6.31. The number of methoxy groups -OCH3 is 1.